The lowest BCUT2D eigenvalue weighted by atomic mass is 9.79. The highest BCUT2D eigenvalue weighted by molar-refractivity contribution is 6.01. The van der Waals surface area contributed by atoms with E-state index in [2.05, 4.69) is 15.5 Å². The van der Waals surface area contributed by atoms with Gasteiger partial charge in [0, 0.05) is 32.3 Å². The number of halogens is 2. The fourth-order valence-corrected chi connectivity index (χ4v) is 6.86. The van der Waals surface area contributed by atoms with E-state index in [-0.39, 0.29) is 41.8 Å². The largest absolute Gasteiger partial charge is 0.478 e. The van der Waals surface area contributed by atoms with Crippen LogP contribution in [-0.2, 0) is 14.3 Å². The van der Waals surface area contributed by atoms with E-state index >= 15 is 0 Å². The minimum Gasteiger partial charge on any atom is -0.478 e. The van der Waals surface area contributed by atoms with Crippen molar-refractivity contribution in [2.75, 3.05) is 33.4 Å². The molecular formula is C33H38F2N4O7. The molecular weight excluding hydrogens is 602 g/mol. The second-order valence-corrected chi connectivity index (χ2v) is 11.7. The van der Waals surface area contributed by atoms with Gasteiger partial charge in [0.1, 0.15) is 6.04 Å². The highest BCUT2D eigenvalue weighted by atomic mass is 19.2. The molecule has 1 saturated heterocycles. The second-order valence-electron chi connectivity index (χ2n) is 11.7. The fourth-order valence-electron chi connectivity index (χ4n) is 6.86. The molecule has 46 heavy (non-hydrogen) atoms. The summed E-state index contributed by atoms with van der Waals surface area (Å²) in [6.45, 7) is 3.07. The normalized spacial score (nSPS) is 23.7. The van der Waals surface area contributed by atoms with Gasteiger partial charge in [-0.05, 0) is 74.3 Å². The number of carbonyl (C=O) groups excluding carboxylic acids is 3. The summed E-state index contributed by atoms with van der Waals surface area (Å²) in [6, 6.07) is 6.97. The number of aliphatic carboxylic acids is 1. The van der Waals surface area contributed by atoms with Crippen LogP contribution >= 0.6 is 0 Å². The smallest absolute Gasteiger partial charge is 0.338 e. The first kappa shape index (κ1) is 33.0. The number of rotatable bonds is 9. The van der Waals surface area contributed by atoms with Crippen LogP contribution in [0.2, 0.25) is 0 Å². The van der Waals surface area contributed by atoms with Crippen LogP contribution < -0.4 is 10.6 Å². The molecule has 246 valence electrons. The van der Waals surface area contributed by atoms with Crippen molar-refractivity contribution in [3.63, 3.8) is 0 Å². The topological polar surface area (TPSA) is 138 Å². The number of carbonyl (C=O) groups is 4. The summed E-state index contributed by atoms with van der Waals surface area (Å²) in [5.41, 5.74) is 1.05. The van der Waals surface area contributed by atoms with E-state index in [9.17, 15) is 33.1 Å². The van der Waals surface area contributed by atoms with Gasteiger partial charge in [0.25, 0.3) is 0 Å². The average Bonchev–Trinajstić information content (AvgIpc) is 3.50. The van der Waals surface area contributed by atoms with Gasteiger partial charge in [0.15, 0.2) is 11.6 Å². The van der Waals surface area contributed by atoms with Crippen molar-refractivity contribution in [2.24, 2.45) is 0 Å². The molecule has 1 aliphatic carbocycles. The van der Waals surface area contributed by atoms with Crippen LogP contribution in [0, 0.1) is 11.6 Å². The standard InChI is InChI=1S/C33H38F2N4O7/c1-3-46-31(42)24-7-5-4-6-23(24)19-8-11-22(12-9-19)38-15-14-21(17-38)36-32(43)39-29(20-10-13-25(34)26(35)16-20)28(30(40)41)27(18-45-2)37-33(39)44/h4-7,10,13,16,19,21-22,29H,3,8-9,11-12,14-15,17-18H2,1-2H3,(H,36,43)(H,37,44)(H,40,41)/t19-,21-,22+,29+/m1/s1. The number of hydrogen-bond donors (Lipinski definition) is 3. The number of esters is 1. The number of methoxy groups -OCH3 is 1. The number of benzene rings is 2. The van der Waals surface area contributed by atoms with Crippen LogP contribution in [0.15, 0.2) is 53.7 Å². The van der Waals surface area contributed by atoms with E-state index in [0.29, 0.717) is 30.0 Å². The molecule has 0 unspecified atom stereocenters. The zero-order valence-electron chi connectivity index (χ0n) is 25.8. The van der Waals surface area contributed by atoms with Gasteiger partial charge < -0.3 is 25.2 Å². The Morgan fingerprint density at radius 1 is 1.04 bits per heavy atom. The molecule has 2 aromatic rings. The number of imide groups is 1. The molecule has 3 N–H and O–H groups in total. The van der Waals surface area contributed by atoms with Crippen LogP contribution in [0.25, 0.3) is 0 Å². The van der Waals surface area contributed by atoms with Gasteiger partial charge in [-0.1, -0.05) is 24.3 Å². The number of ether oxygens (including phenoxy) is 2. The predicted molar refractivity (Wildman–Crippen MR) is 162 cm³/mol. The van der Waals surface area contributed by atoms with Gasteiger partial charge >= 0.3 is 24.0 Å². The van der Waals surface area contributed by atoms with Gasteiger partial charge in [-0.15, -0.1) is 0 Å². The van der Waals surface area contributed by atoms with Crippen molar-refractivity contribution < 1.29 is 42.5 Å². The Hall–Kier alpha value is -4.36. The van der Waals surface area contributed by atoms with Crippen molar-refractivity contribution in [2.45, 2.75) is 63.1 Å². The molecule has 5 rings (SSSR count). The Labute approximate surface area is 265 Å². The van der Waals surface area contributed by atoms with Crippen molar-refractivity contribution in [3.8, 4) is 0 Å². The van der Waals surface area contributed by atoms with Crippen LogP contribution in [-0.4, -0.2) is 84.4 Å². The molecule has 2 atom stereocenters. The molecule has 0 aromatic heterocycles. The molecule has 2 aliphatic heterocycles. The molecule has 13 heteroatoms. The monoisotopic (exact) mass is 640 g/mol. The number of carboxylic acid groups (broad SMARTS) is 1. The molecule has 1 saturated carbocycles. The van der Waals surface area contributed by atoms with Crippen molar-refractivity contribution in [1.82, 2.24) is 20.4 Å². The molecule has 4 amide bonds. The van der Waals surface area contributed by atoms with E-state index < -0.39 is 41.3 Å². The minimum atomic E-state index is -1.53. The zero-order valence-corrected chi connectivity index (χ0v) is 25.8. The maximum Gasteiger partial charge on any atom is 0.338 e. The van der Waals surface area contributed by atoms with E-state index in [4.69, 9.17) is 9.47 Å². The average molecular weight is 641 g/mol. The quantitative estimate of drug-likeness (QED) is 0.336. The molecule has 2 aromatic carbocycles. The van der Waals surface area contributed by atoms with Gasteiger partial charge in [-0.3, -0.25) is 4.90 Å². The Morgan fingerprint density at radius 2 is 1.78 bits per heavy atom. The molecule has 2 heterocycles. The molecule has 0 spiro atoms. The van der Waals surface area contributed by atoms with E-state index in [1.807, 2.05) is 18.2 Å². The first-order valence-corrected chi connectivity index (χ1v) is 15.4. The first-order chi connectivity index (χ1) is 22.1. The number of nitrogens with one attached hydrogen (secondary N) is 2. The van der Waals surface area contributed by atoms with Crippen LogP contribution in [0.3, 0.4) is 0 Å². The highest BCUT2D eigenvalue weighted by Crippen LogP contribution is 2.38. The van der Waals surface area contributed by atoms with Crippen LogP contribution in [0.5, 0.6) is 0 Å². The van der Waals surface area contributed by atoms with E-state index in [1.165, 1.54) is 7.11 Å². The highest BCUT2D eigenvalue weighted by Gasteiger charge is 2.44. The molecule has 3 aliphatic rings. The number of urea groups is 2. The van der Waals surface area contributed by atoms with Gasteiger partial charge in [-0.25, -0.2) is 32.9 Å². The lowest BCUT2D eigenvalue weighted by Crippen LogP contribution is -2.56. The summed E-state index contributed by atoms with van der Waals surface area (Å²) in [7, 11) is 1.31. The van der Waals surface area contributed by atoms with Crippen molar-refractivity contribution in [1.29, 1.82) is 0 Å². The molecule has 0 bridgehead atoms. The number of likely N-dealkylation sites (tertiary alicyclic amines) is 1. The number of nitrogens with zero attached hydrogens (tertiary/aromatic N) is 2. The SMILES string of the molecule is CCOC(=O)c1ccccc1[C@H]1CC[C@@H](N2CC[C@@H](NC(=O)N3C(=O)NC(COC)=C(C(=O)O)[C@@H]3c3ccc(F)c(F)c3)C2)CC1. The molecule has 2 fully saturated rings. The van der Waals surface area contributed by atoms with Crippen molar-refractivity contribution >= 4 is 24.0 Å². The predicted octanol–water partition coefficient (Wildman–Crippen LogP) is 4.70. The summed E-state index contributed by atoms with van der Waals surface area (Å²) in [4.78, 5) is 54.8. The number of carboxylic acids is 1. The van der Waals surface area contributed by atoms with Gasteiger partial charge in [0.05, 0.1) is 30.0 Å². The Morgan fingerprint density at radius 3 is 2.46 bits per heavy atom. The third-order valence-corrected chi connectivity index (χ3v) is 8.99. The Balaban J connectivity index is 1.27. The van der Waals surface area contributed by atoms with Crippen molar-refractivity contribution in [3.05, 3.63) is 82.1 Å². The Kier molecular flexibility index (Phi) is 10.3. The summed E-state index contributed by atoms with van der Waals surface area (Å²) < 4.78 is 38.4. The first-order valence-electron chi connectivity index (χ1n) is 15.4. The minimum absolute atomic E-state index is 0.0794. The van der Waals surface area contributed by atoms with Gasteiger partial charge in [0.2, 0.25) is 0 Å². The maximum atomic E-state index is 14.3. The Bertz CT molecular complexity index is 1530. The van der Waals surface area contributed by atoms with E-state index in [0.717, 1.165) is 56.0 Å². The fraction of sp³-hybridized carbons (Fsp3) is 0.455. The zero-order chi connectivity index (χ0) is 33.0. The van der Waals surface area contributed by atoms with Crippen LogP contribution in [0.4, 0.5) is 18.4 Å². The molecule has 11 nitrogen and oxygen atoms in total. The third kappa shape index (κ3) is 6.90. The number of amides is 4. The second kappa shape index (κ2) is 14.4. The number of hydrogen-bond acceptors (Lipinski definition) is 7. The summed E-state index contributed by atoms with van der Waals surface area (Å²) in [6.07, 6.45) is 4.22. The summed E-state index contributed by atoms with van der Waals surface area (Å²) in [5, 5.41) is 15.4. The van der Waals surface area contributed by atoms with Crippen LogP contribution in [0.1, 0.15) is 72.5 Å². The molecule has 0 radical (unpaired) electrons. The van der Waals surface area contributed by atoms with E-state index in [1.54, 1.807) is 13.0 Å². The maximum absolute atomic E-state index is 14.3. The lowest BCUT2D eigenvalue weighted by Gasteiger charge is -2.37. The summed E-state index contributed by atoms with van der Waals surface area (Å²) >= 11 is 0. The lowest BCUT2D eigenvalue weighted by molar-refractivity contribution is -0.133. The van der Waals surface area contributed by atoms with Gasteiger partial charge in [-0.2, -0.15) is 0 Å². The summed E-state index contributed by atoms with van der Waals surface area (Å²) in [5.74, 6) is -3.92. The third-order valence-electron chi connectivity index (χ3n) is 8.99.